The molecule has 3 heteroatoms. The van der Waals surface area contributed by atoms with Gasteiger partial charge in [0.1, 0.15) is 0 Å². The second kappa shape index (κ2) is 6.70. The Morgan fingerprint density at radius 3 is 2.55 bits per heavy atom. The van der Waals surface area contributed by atoms with Crippen molar-refractivity contribution < 1.29 is 0 Å². The summed E-state index contributed by atoms with van der Waals surface area (Å²) in [6.45, 7) is 7.85. The summed E-state index contributed by atoms with van der Waals surface area (Å²) >= 11 is 1.72. The highest BCUT2D eigenvalue weighted by Gasteiger charge is 2.10. The van der Waals surface area contributed by atoms with Crippen LogP contribution in [0.5, 0.6) is 0 Å². The molecule has 0 atom stereocenters. The first kappa shape index (κ1) is 11.0. The third-order valence-corrected chi connectivity index (χ3v) is 2.56. The zero-order valence-corrected chi connectivity index (χ0v) is 8.42. The molecule has 3 N–H and O–H groups in total. The van der Waals surface area contributed by atoms with Crippen molar-refractivity contribution in [3.05, 3.63) is 10.5 Å². The average Bonchev–Trinajstić information content (AvgIpc) is 2.54. The lowest BCUT2D eigenvalue weighted by Gasteiger charge is -1.96. The molecule has 1 aliphatic rings. The van der Waals surface area contributed by atoms with Crippen molar-refractivity contribution in [3.63, 3.8) is 0 Å². The maximum Gasteiger partial charge on any atom is 0.0296 e. The lowest BCUT2D eigenvalue weighted by Crippen LogP contribution is -2.09. The first-order valence-corrected chi connectivity index (χ1v) is 5.00. The number of rotatable bonds is 2. The molecule has 0 bridgehead atoms. The molecule has 0 fully saturated rings. The Morgan fingerprint density at radius 2 is 2.18 bits per heavy atom. The summed E-state index contributed by atoms with van der Waals surface area (Å²) in [5.41, 5.74) is 6.87. The molecule has 0 aliphatic carbocycles. The Bertz CT molecular complexity index is 118. The van der Waals surface area contributed by atoms with Gasteiger partial charge in [-0.15, -0.1) is 0 Å². The van der Waals surface area contributed by atoms with Gasteiger partial charge in [0.25, 0.3) is 0 Å². The Labute approximate surface area is 73.8 Å². The number of allylic oxidation sites excluding steroid dienone is 1. The van der Waals surface area contributed by atoms with Crippen molar-refractivity contribution in [2.75, 3.05) is 13.1 Å². The van der Waals surface area contributed by atoms with Crippen molar-refractivity contribution in [1.29, 1.82) is 0 Å². The molecule has 66 valence electrons. The molecule has 1 rings (SSSR count). The smallest absolute Gasteiger partial charge is 0.0296 e. The van der Waals surface area contributed by atoms with E-state index in [1.54, 1.807) is 11.9 Å². The first-order valence-electron chi connectivity index (χ1n) is 4.19. The number of hydrogen-bond donors (Lipinski definition) is 2. The fourth-order valence-corrected chi connectivity index (χ4v) is 1.75. The normalized spacial score (nSPS) is 16.4. The molecule has 0 aromatic rings. The number of nitrogens with one attached hydrogen (secondary N) is 1. The van der Waals surface area contributed by atoms with Crippen LogP contribution in [0.1, 0.15) is 27.2 Å². The monoisotopic (exact) mass is 174 g/mol. The molecule has 0 saturated heterocycles. The Hall–Kier alpha value is 0.0100. The highest BCUT2D eigenvalue weighted by Crippen LogP contribution is 2.24. The predicted molar refractivity (Wildman–Crippen MR) is 53.3 cm³/mol. The minimum Gasteiger partial charge on any atom is -0.327 e. The van der Waals surface area contributed by atoms with Crippen LogP contribution in [-0.4, -0.2) is 13.1 Å². The molecule has 1 aliphatic heterocycles. The lowest BCUT2D eigenvalue weighted by atomic mass is 10.2. The largest absolute Gasteiger partial charge is 0.327 e. The van der Waals surface area contributed by atoms with E-state index in [4.69, 9.17) is 5.73 Å². The number of nitrogens with two attached hydrogens (primary N) is 1. The molecular weight excluding hydrogens is 156 g/mol. The maximum atomic E-state index is 5.49. The number of hydrogen-bond acceptors (Lipinski definition) is 3. The topological polar surface area (TPSA) is 38.0 Å². The minimum absolute atomic E-state index is 0.711. The summed E-state index contributed by atoms with van der Waals surface area (Å²) < 4.78 is 3.19. The molecule has 0 aromatic carbocycles. The zero-order valence-electron chi connectivity index (χ0n) is 7.61. The molecule has 0 aromatic heterocycles. The average molecular weight is 174 g/mol. The van der Waals surface area contributed by atoms with Crippen LogP contribution in [0.15, 0.2) is 10.5 Å². The van der Waals surface area contributed by atoms with Gasteiger partial charge in [0.15, 0.2) is 0 Å². The van der Waals surface area contributed by atoms with Gasteiger partial charge in [-0.25, -0.2) is 0 Å². The lowest BCUT2D eigenvalue weighted by molar-refractivity contribution is 0.991. The van der Waals surface area contributed by atoms with Crippen LogP contribution in [0.2, 0.25) is 0 Å². The van der Waals surface area contributed by atoms with Gasteiger partial charge in [-0.2, -0.15) is 0 Å². The molecule has 1 heterocycles. The van der Waals surface area contributed by atoms with E-state index in [0.717, 1.165) is 13.0 Å². The van der Waals surface area contributed by atoms with Crippen LogP contribution in [0, 0.1) is 0 Å². The van der Waals surface area contributed by atoms with E-state index < -0.39 is 0 Å². The van der Waals surface area contributed by atoms with Gasteiger partial charge in [-0.05, 0) is 23.9 Å². The van der Waals surface area contributed by atoms with Gasteiger partial charge in [0.2, 0.25) is 0 Å². The molecule has 0 radical (unpaired) electrons. The summed E-state index contributed by atoms with van der Waals surface area (Å²) in [6, 6.07) is 0. The fraction of sp³-hybridized carbons (Fsp3) is 0.750. The fourth-order valence-electron chi connectivity index (χ4n) is 0.889. The van der Waals surface area contributed by atoms with Crippen molar-refractivity contribution in [2.24, 2.45) is 5.73 Å². The van der Waals surface area contributed by atoms with Crippen LogP contribution < -0.4 is 10.5 Å². The van der Waals surface area contributed by atoms with Gasteiger partial charge < -0.3 is 5.73 Å². The van der Waals surface area contributed by atoms with E-state index in [1.807, 2.05) is 13.8 Å². The Balaban J connectivity index is 0.000000461. The van der Waals surface area contributed by atoms with Crippen molar-refractivity contribution in [1.82, 2.24) is 4.72 Å². The van der Waals surface area contributed by atoms with E-state index in [0.29, 0.717) is 6.54 Å². The van der Waals surface area contributed by atoms with Gasteiger partial charge in [0.05, 0.1) is 0 Å². The molecule has 2 nitrogen and oxygen atoms in total. The van der Waals surface area contributed by atoms with Crippen LogP contribution in [0.25, 0.3) is 0 Å². The van der Waals surface area contributed by atoms with Crippen LogP contribution in [-0.2, 0) is 0 Å². The van der Waals surface area contributed by atoms with Gasteiger partial charge in [0, 0.05) is 18.0 Å². The van der Waals surface area contributed by atoms with E-state index >= 15 is 0 Å². The molecule has 11 heavy (non-hydrogen) atoms. The van der Waals surface area contributed by atoms with Crippen LogP contribution >= 0.6 is 11.9 Å². The highest BCUT2D eigenvalue weighted by atomic mass is 32.2. The van der Waals surface area contributed by atoms with Gasteiger partial charge in [-0.1, -0.05) is 20.8 Å². The third kappa shape index (κ3) is 3.27. The predicted octanol–water partition coefficient (Wildman–Crippen LogP) is 1.89. The molecule has 0 spiro atoms. The summed E-state index contributed by atoms with van der Waals surface area (Å²) in [7, 11) is 0. The van der Waals surface area contributed by atoms with E-state index in [2.05, 4.69) is 11.6 Å². The van der Waals surface area contributed by atoms with Crippen LogP contribution in [0.3, 0.4) is 0 Å². The Morgan fingerprint density at radius 1 is 1.55 bits per heavy atom. The SMILES string of the molecule is CC.CCC1=C(CN)CNS1. The quantitative estimate of drug-likeness (QED) is 0.628. The molecule has 0 saturated carbocycles. The molecule has 0 amide bonds. The van der Waals surface area contributed by atoms with E-state index in [1.165, 1.54) is 10.5 Å². The van der Waals surface area contributed by atoms with Crippen molar-refractivity contribution in [2.45, 2.75) is 27.2 Å². The van der Waals surface area contributed by atoms with Gasteiger partial charge >= 0.3 is 0 Å². The standard InChI is InChI=1S/C6H12N2S.C2H6/c1-2-6-5(3-7)4-8-9-6;1-2/h8H,2-4,7H2,1H3;1-2H3. The molecule has 0 unspecified atom stereocenters. The summed E-state index contributed by atoms with van der Waals surface area (Å²) in [5, 5.41) is 0. The molecular formula is C8H18N2S. The minimum atomic E-state index is 0.711. The van der Waals surface area contributed by atoms with Crippen LogP contribution in [0.4, 0.5) is 0 Å². The first-order chi connectivity index (χ1) is 5.38. The summed E-state index contributed by atoms with van der Waals surface area (Å²) in [5.74, 6) is 0. The maximum absolute atomic E-state index is 5.49. The highest BCUT2D eigenvalue weighted by molar-refractivity contribution is 8.01. The van der Waals surface area contributed by atoms with Crippen molar-refractivity contribution in [3.8, 4) is 0 Å². The van der Waals surface area contributed by atoms with Crippen molar-refractivity contribution >= 4 is 11.9 Å². The second-order valence-electron chi connectivity index (χ2n) is 2.01. The van der Waals surface area contributed by atoms with E-state index in [-0.39, 0.29) is 0 Å². The second-order valence-corrected chi connectivity index (χ2v) is 2.99. The third-order valence-electron chi connectivity index (χ3n) is 1.44. The summed E-state index contributed by atoms with van der Waals surface area (Å²) in [6.07, 6.45) is 1.12. The Kier molecular flexibility index (Phi) is 6.71. The summed E-state index contributed by atoms with van der Waals surface area (Å²) in [4.78, 5) is 1.43. The zero-order chi connectivity index (χ0) is 8.69. The van der Waals surface area contributed by atoms with Gasteiger partial charge in [-0.3, -0.25) is 4.72 Å². The van der Waals surface area contributed by atoms with E-state index in [9.17, 15) is 0 Å².